The maximum absolute atomic E-state index is 12.6. The van der Waals surface area contributed by atoms with Crippen LogP contribution in [0.25, 0.3) is 0 Å². The first-order valence-electron chi connectivity index (χ1n) is 7.32. The number of aliphatic imine (C=N–C) groups is 1. The lowest BCUT2D eigenvalue weighted by molar-refractivity contribution is -0.138. The van der Waals surface area contributed by atoms with Crippen LogP contribution in [0.3, 0.4) is 0 Å². The fourth-order valence-corrected chi connectivity index (χ4v) is 3.90. The van der Waals surface area contributed by atoms with Gasteiger partial charge >= 0.3 is 0 Å². The van der Waals surface area contributed by atoms with E-state index in [1.54, 1.807) is 23.6 Å². The van der Waals surface area contributed by atoms with E-state index in [0.717, 1.165) is 30.0 Å². The van der Waals surface area contributed by atoms with Gasteiger partial charge in [-0.2, -0.15) is 0 Å². The van der Waals surface area contributed by atoms with Crippen LogP contribution in [0.15, 0.2) is 35.3 Å². The number of nitrogens with zero attached hydrogens (tertiary/aromatic N) is 2. The number of carbonyl (C=O) groups is 1. The number of amides is 1. The van der Waals surface area contributed by atoms with Gasteiger partial charge in [0.2, 0.25) is 5.91 Å². The van der Waals surface area contributed by atoms with Crippen LogP contribution in [-0.2, 0) is 4.79 Å². The van der Waals surface area contributed by atoms with E-state index >= 15 is 0 Å². The maximum Gasteiger partial charge on any atom is 0.248 e. The number of thioether (sulfide) groups is 1. The Labute approximate surface area is 129 Å². The third-order valence-corrected chi connectivity index (χ3v) is 5.04. The molecule has 112 valence electrons. The van der Waals surface area contributed by atoms with Crippen molar-refractivity contribution in [3.05, 3.63) is 35.9 Å². The molecule has 0 bridgehead atoms. The van der Waals surface area contributed by atoms with E-state index in [1.165, 1.54) is 0 Å². The molecule has 5 heteroatoms. The number of β-amino-alcohol motifs (C(OH)–C–C–N with tert-alkyl or cyclic N) is 1. The molecule has 0 aliphatic carbocycles. The van der Waals surface area contributed by atoms with E-state index in [2.05, 4.69) is 4.99 Å². The molecule has 0 radical (unpaired) electrons. The van der Waals surface area contributed by atoms with Crippen LogP contribution in [-0.4, -0.2) is 51.4 Å². The van der Waals surface area contributed by atoms with Gasteiger partial charge in [0, 0.05) is 24.4 Å². The molecule has 2 unspecified atom stereocenters. The first-order valence-corrected chi connectivity index (χ1v) is 8.31. The van der Waals surface area contributed by atoms with Crippen LogP contribution in [0.1, 0.15) is 25.3 Å². The monoisotopic (exact) mass is 304 g/mol. The molecule has 0 aromatic heterocycles. The summed E-state index contributed by atoms with van der Waals surface area (Å²) >= 11 is 1.64. The summed E-state index contributed by atoms with van der Waals surface area (Å²) in [4.78, 5) is 18.9. The van der Waals surface area contributed by atoms with Gasteiger partial charge in [0.1, 0.15) is 6.04 Å². The van der Waals surface area contributed by atoms with Crippen LogP contribution in [0.4, 0.5) is 0 Å². The summed E-state index contributed by atoms with van der Waals surface area (Å²) in [6, 6.07) is 9.67. The summed E-state index contributed by atoms with van der Waals surface area (Å²) in [5.41, 5.74) is 0.314. The average molecular weight is 304 g/mol. The van der Waals surface area contributed by atoms with Gasteiger partial charge in [-0.3, -0.25) is 9.79 Å². The molecule has 1 fully saturated rings. The number of rotatable bonds is 2. The molecule has 0 saturated carbocycles. The first kappa shape index (κ1) is 14.6. The third-order valence-electron chi connectivity index (χ3n) is 3.94. The molecule has 2 heterocycles. The van der Waals surface area contributed by atoms with Crippen LogP contribution < -0.4 is 0 Å². The molecular formula is C16H20N2O2S. The van der Waals surface area contributed by atoms with Crippen LogP contribution in [0.5, 0.6) is 0 Å². The van der Waals surface area contributed by atoms with Gasteiger partial charge in [0.25, 0.3) is 0 Å². The van der Waals surface area contributed by atoms with Crippen molar-refractivity contribution in [1.29, 1.82) is 0 Å². The highest BCUT2D eigenvalue weighted by Crippen LogP contribution is 2.27. The van der Waals surface area contributed by atoms with Gasteiger partial charge < -0.3 is 10.0 Å². The molecule has 2 atom stereocenters. The molecular weight excluding hydrogens is 284 g/mol. The molecule has 1 saturated heterocycles. The molecule has 1 N–H and O–H groups in total. The Hall–Kier alpha value is -1.33. The summed E-state index contributed by atoms with van der Waals surface area (Å²) in [6.07, 6.45) is 1.61. The van der Waals surface area contributed by atoms with E-state index < -0.39 is 5.60 Å². The van der Waals surface area contributed by atoms with Crippen molar-refractivity contribution in [3.8, 4) is 0 Å². The average Bonchev–Trinajstić information content (AvgIpc) is 2.96. The Balaban J connectivity index is 1.71. The van der Waals surface area contributed by atoms with Gasteiger partial charge in [-0.1, -0.05) is 30.3 Å². The minimum Gasteiger partial charge on any atom is -0.388 e. The Morgan fingerprint density at radius 2 is 2.19 bits per heavy atom. The highest BCUT2D eigenvalue weighted by Gasteiger charge is 2.35. The molecule has 1 aromatic rings. The maximum atomic E-state index is 12.6. The largest absolute Gasteiger partial charge is 0.388 e. The Morgan fingerprint density at radius 3 is 2.90 bits per heavy atom. The van der Waals surface area contributed by atoms with Crippen LogP contribution in [0, 0.1) is 0 Å². The second-order valence-corrected chi connectivity index (χ2v) is 7.00. The molecule has 2 aliphatic rings. The molecule has 1 amide bonds. The standard InChI is InChI=1S/C16H20N2O2S/c1-16(20)8-5-9-18(11-16)15(19)13-10-21-14(17-13)12-6-3-2-4-7-12/h2-4,6-7,13,20H,5,8-11H2,1H3. The zero-order valence-corrected chi connectivity index (χ0v) is 13.0. The molecule has 0 spiro atoms. The predicted octanol–water partition coefficient (Wildman–Crippen LogP) is 1.92. The third kappa shape index (κ3) is 3.30. The lowest BCUT2D eigenvalue weighted by atomic mass is 9.95. The van der Waals surface area contributed by atoms with Crippen LogP contribution in [0.2, 0.25) is 0 Å². The summed E-state index contributed by atoms with van der Waals surface area (Å²) in [5, 5.41) is 11.1. The van der Waals surface area contributed by atoms with Gasteiger partial charge in [-0.15, -0.1) is 11.8 Å². The number of benzene rings is 1. The van der Waals surface area contributed by atoms with Gasteiger partial charge in [0.15, 0.2) is 0 Å². The minimum atomic E-state index is -0.758. The summed E-state index contributed by atoms with van der Waals surface area (Å²) in [7, 11) is 0. The smallest absolute Gasteiger partial charge is 0.248 e. The number of carbonyl (C=O) groups excluding carboxylic acids is 1. The van der Waals surface area contributed by atoms with Crippen molar-refractivity contribution in [2.24, 2.45) is 4.99 Å². The van der Waals surface area contributed by atoms with Crippen molar-refractivity contribution in [2.75, 3.05) is 18.8 Å². The van der Waals surface area contributed by atoms with E-state index in [9.17, 15) is 9.90 Å². The molecule has 2 aliphatic heterocycles. The Morgan fingerprint density at radius 1 is 1.43 bits per heavy atom. The van der Waals surface area contributed by atoms with E-state index in [1.807, 2.05) is 30.3 Å². The van der Waals surface area contributed by atoms with E-state index in [-0.39, 0.29) is 11.9 Å². The Bertz CT molecular complexity index is 557. The van der Waals surface area contributed by atoms with Crippen LogP contribution >= 0.6 is 11.8 Å². The van der Waals surface area contributed by atoms with Gasteiger partial charge in [0.05, 0.1) is 10.6 Å². The summed E-state index contributed by atoms with van der Waals surface area (Å²) in [5.74, 6) is 0.746. The SMILES string of the molecule is CC1(O)CCCN(C(=O)C2CSC(c3ccccc3)=N2)C1. The van der Waals surface area contributed by atoms with Crippen molar-refractivity contribution >= 4 is 22.7 Å². The quantitative estimate of drug-likeness (QED) is 0.908. The second-order valence-electron chi connectivity index (χ2n) is 5.99. The molecule has 1 aromatic carbocycles. The second kappa shape index (κ2) is 5.81. The zero-order chi connectivity index (χ0) is 14.9. The number of likely N-dealkylation sites (tertiary alicyclic amines) is 1. The number of hydrogen-bond donors (Lipinski definition) is 1. The lowest BCUT2D eigenvalue weighted by Crippen LogP contribution is -2.51. The predicted molar refractivity (Wildman–Crippen MR) is 85.7 cm³/mol. The van der Waals surface area contributed by atoms with Gasteiger partial charge in [-0.25, -0.2) is 0 Å². The lowest BCUT2D eigenvalue weighted by Gasteiger charge is -2.37. The molecule has 4 nitrogen and oxygen atoms in total. The summed E-state index contributed by atoms with van der Waals surface area (Å²) < 4.78 is 0. The van der Waals surface area contributed by atoms with Crippen molar-refractivity contribution in [1.82, 2.24) is 4.90 Å². The van der Waals surface area contributed by atoms with E-state index in [0.29, 0.717) is 12.3 Å². The fraction of sp³-hybridized carbons (Fsp3) is 0.500. The topological polar surface area (TPSA) is 52.9 Å². The van der Waals surface area contributed by atoms with Crippen molar-refractivity contribution < 1.29 is 9.90 Å². The highest BCUT2D eigenvalue weighted by molar-refractivity contribution is 8.14. The summed E-state index contributed by atoms with van der Waals surface area (Å²) in [6.45, 7) is 2.95. The van der Waals surface area contributed by atoms with Crippen molar-refractivity contribution in [2.45, 2.75) is 31.4 Å². The van der Waals surface area contributed by atoms with E-state index in [4.69, 9.17) is 0 Å². The normalized spacial score (nSPS) is 29.3. The zero-order valence-electron chi connectivity index (χ0n) is 12.2. The fourth-order valence-electron chi connectivity index (χ4n) is 2.86. The van der Waals surface area contributed by atoms with Gasteiger partial charge in [-0.05, 0) is 19.8 Å². The first-order chi connectivity index (χ1) is 10.1. The molecule has 21 heavy (non-hydrogen) atoms. The highest BCUT2D eigenvalue weighted by atomic mass is 32.2. The van der Waals surface area contributed by atoms with Crippen molar-refractivity contribution in [3.63, 3.8) is 0 Å². The number of piperidine rings is 1. The number of hydrogen-bond acceptors (Lipinski definition) is 4. The Kier molecular flexibility index (Phi) is 4.04. The molecule has 3 rings (SSSR count). The minimum absolute atomic E-state index is 0.0495. The number of aliphatic hydroxyl groups is 1.